The molecule has 0 spiro atoms. The predicted octanol–water partition coefficient (Wildman–Crippen LogP) is 3.44. The van der Waals surface area contributed by atoms with Crippen molar-refractivity contribution in [2.45, 2.75) is 45.9 Å². The van der Waals surface area contributed by atoms with Gasteiger partial charge >= 0.3 is 0 Å². The van der Waals surface area contributed by atoms with Crippen molar-refractivity contribution in [2.75, 3.05) is 39.4 Å². The fraction of sp³-hybridized carbons (Fsp3) is 0.448. The smallest absolute Gasteiger partial charge is 0.219 e. The van der Waals surface area contributed by atoms with E-state index in [-0.39, 0.29) is 19.1 Å². The molecular weight excluding hydrogens is 468 g/mol. The first-order chi connectivity index (χ1) is 17.8. The number of amides is 1. The average molecular weight is 507 g/mol. The quantitative estimate of drug-likeness (QED) is 0.425. The van der Waals surface area contributed by atoms with E-state index in [1.165, 1.54) is 0 Å². The summed E-state index contributed by atoms with van der Waals surface area (Å²) >= 11 is 0. The summed E-state index contributed by atoms with van der Waals surface area (Å²) in [6.45, 7) is 9.64. The minimum atomic E-state index is -1.19. The molecule has 1 aliphatic rings. The normalized spacial score (nSPS) is 18.4. The van der Waals surface area contributed by atoms with Gasteiger partial charge < -0.3 is 19.5 Å². The third kappa shape index (κ3) is 8.06. The maximum Gasteiger partial charge on any atom is 0.219 e. The van der Waals surface area contributed by atoms with Crippen LogP contribution < -0.4 is 9.47 Å². The fourth-order valence-corrected chi connectivity index (χ4v) is 4.59. The molecule has 0 unspecified atom stereocenters. The zero-order chi connectivity index (χ0) is 26.3. The Labute approximate surface area is 219 Å². The molecule has 3 aromatic rings. The molecule has 0 aliphatic carbocycles. The molecule has 4 rings (SSSR count). The van der Waals surface area contributed by atoms with E-state index in [0.717, 1.165) is 35.4 Å². The van der Waals surface area contributed by atoms with Crippen LogP contribution in [0.1, 0.15) is 30.0 Å². The van der Waals surface area contributed by atoms with E-state index in [9.17, 15) is 9.90 Å². The highest BCUT2D eigenvalue weighted by atomic mass is 16.5. The van der Waals surface area contributed by atoms with Gasteiger partial charge in [0.25, 0.3) is 0 Å². The molecule has 37 heavy (non-hydrogen) atoms. The first-order valence-electron chi connectivity index (χ1n) is 12.9. The van der Waals surface area contributed by atoms with E-state index in [2.05, 4.69) is 16.1 Å². The number of β-amino-alcohol motifs (C(OH)–C–C–N with tert-alkyl or cyclic N) is 1. The van der Waals surface area contributed by atoms with Crippen molar-refractivity contribution in [2.24, 2.45) is 0 Å². The maximum atomic E-state index is 12.2. The monoisotopic (exact) mass is 506 g/mol. The van der Waals surface area contributed by atoms with Crippen LogP contribution in [0.15, 0.2) is 60.9 Å². The van der Waals surface area contributed by atoms with E-state index in [1.807, 2.05) is 73.4 Å². The van der Waals surface area contributed by atoms with Crippen molar-refractivity contribution in [3.8, 4) is 11.5 Å². The number of benzene rings is 2. The van der Waals surface area contributed by atoms with Crippen LogP contribution in [0.25, 0.3) is 0 Å². The molecule has 2 heterocycles. The lowest BCUT2D eigenvalue weighted by atomic mass is 10.0. The first kappa shape index (κ1) is 26.7. The van der Waals surface area contributed by atoms with E-state index < -0.39 is 5.60 Å². The third-order valence-corrected chi connectivity index (χ3v) is 6.53. The molecule has 0 radical (unpaired) electrons. The largest absolute Gasteiger partial charge is 0.494 e. The minimum absolute atomic E-state index is 0.0451. The zero-order valence-corrected chi connectivity index (χ0v) is 22.1. The van der Waals surface area contributed by atoms with Crippen LogP contribution in [0, 0.1) is 13.8 Å². The molecule has 1 aromatic heterocycles. The van der Waals surface area contributed by atoms with Crippen molar-refractivity contribution in [3.05, 3.63) is 77.6 Å². The lowest BCUT2D eigenvalue weighted by molar-refractivity contribution is -0.132. The van der Waals surface area contributed by atoms with Crippen LogP contribution in [0.5, 0.6) is 11.5 Å². The summed E-state index contributed by atoms with van der Waals surface area (Å²) in [4.78, 5) is 16.1. The lowest BCUT2D eigenvalue weighted by Gasteiger charge is -2.32. The summed E-state index contributed by atoms with van der Waals surface area (Å²) in [5.41, 5.74) is 2.21. The second-order valence-corrected chi connectivity index (χ2v) is 10.1. The second kappa shape index (κ2) is 12.3. The van der Waals surface area contributed by atoms with E-state index in [1.54, 1.807) is 11.8 Å². The van der Waals surface area contributed by atoms with Crippen molar-refractivity contribution in [1.29, 1.82) is 0 Å². The Morgan fingerprint density at radius 1 is 1.03 bits per heavy atom. The molecular formula is C29H38N4O4. The Bertz CT molecular complexity index is 1160. The van der Waals surface area contributed by atoms with Crippen LogP contribution in [0.4, 0.5) is 0 Å². The number of aryl methyl sites for hydroxylation is 3. The van der Waals surface area contributed by atoms with Gasteiger partial charge in [0.05, 0.1) is 19.3 Å². The minimum Gasteiger partial charge on any atom is -0.494 e. The molecule has 1 fully saturated rings. The van der Waals surface area contributed by atoms with Gasteiger partial charge in [0, 0.05) is 52.3 Å². The van der Waals surface area contributed by atoms with Crippen molar-refractivity contribution < 1.29 is 19.4 Å². The van der Waals surface area contributed by atoms with E-state index in [0.29, 0.717) is 38.5 Å². The summed E-state index contributed by atoms with van der Waals surface area (Å²) in [6.07, 6.45) is 4.76. The highest BCUT2D eigenvalue weighted by Gasteiger charge is 2.36. The molecule has 1 saturated heterocycles. The van der Waals surface area contributed by atoms with Crippen LogP contribution in [0.2, 0.25) is 0 Å². The molecule has 1 atom stereocenters. The number of ether oxygens (including phenoxy) is 2. The van der Waals surface area contributed by atoms with Crippen LogP contribution in [0.3, 0.4) is 0 Å². The fourth-order valence-electron chi connectivity index (χ4n) is 4.59. The maximum absolute atomic E-state index is 12.2. The van der Waals surface area contributed by atoms with Gasteiger partial charge in [-0.25, -0.2) is 0 Å². The summed E-state index contributed by atoms with van der Waals surface area (Å²) in [7, 11) is 0. The van der Waals surface area contributed by atoms with Gasteiger partial charge in [0.2, 0.25) is 5.91 Å². The molecule has 1 amide bonds. The Hall–Kier alpha value is -3.36. The van der Waals surface area contributed by atoms with Crippen LogP contribution in [-0.4, -0.2) is 75.6 Å². The number of hydrogen-bond acceptors (Lipinski definition) is 6. The highest BCUT2D eigenvalue weighted by molar-refractivity contribution is 5.73. The van der Waals surface area contributed by atoms with Gasteiger partial charge in [-0.3, -0.25) is 14.4 Å². The summed E-state index contributed by atoms with van der Waals surface area (Å²) in [5.74, 6) is 1.49. The number of carbonyl (C=O) groups is 1. The lowest BCUT2D eigenvalue weighted by Crippen LogP contribution is -2.51. The molecule has 0 bridgehead atoms. The number of hydrogen-bond donors (Lipinski definition) is 1. The first-order valence-corrected chi connectivity index (χ1v) is 12.9. The van der Waals surface area contributed by atoms with Gasteiger partial charge in [0.1, 0.15) is 23.7 Å². The van der Waals surface area contributed by atoms with E-state index in [4.69, 9.17) is 9.47 Å². The summed E-state index contributed by atoms with van der Waals surface area (Å²) in [6, 6.07) is 15.8. The molecule has 1 aliphatic heterocycles. The van der Waals surface area contributed by atoms with Crippen molar-refractivity contribution in [3.63, 3.8) is 0 Å². The molecule has 8 nitrogen and oxygen atoms in total. The molecule has 198 valence electrons. The SMILES string of the molecule is CC(=O)N1CCN(Cc2cccc(OCCCn3cc(C)cn3)c2)C[C@](O)(COc2ccc(C)cc2)C1. The Morgan fingerprint density at radius 3 is 2.57 bits per heavy atom. The van der Waals surface area contributed by atoms with Crippen molar-refractivity contribution >= 4 is 5.91 Å². The van der Waals surface area contributed by atoms with Gasteiger partial charge in [-0.1, -0.05) is 29.8 Å². The third-order valence-electron chi connectivity index (χ3n) is 6.53. The zero-order valence-electron chi connectivity index (χ0n) is 22.1. The predicted molar refractivity (Wildman–Crippen MR) is 143 cm³/mol. The number of aromatic nitrogens is 2. The summed E-state index contributed by atoms with van der Waals surface area (Å²) < 4.78 is 13.9. The Kier molecular flexibility index (Phi) is 8.84. The number of rotatable bonds is 10. The number of aliphatic hydroxyl groups is 1. The second-order valence-electron chi connectivity index (χ2n) is 10.1. The standard InChI is InChI=1S/C29H38N4O4/c1-23-8-10-27(11-9-23)37-22-29(35)20-31(13-14-32(21-29)25(3)34)19-26-6-4-7-28(16-26)36-15-5-12-33-18-24(2)17-30-33/h4,6-11,16-18,35H,5,12-15,19-22H2,1-3H3/t29-/m1/s1. The van der Waals surface area contributed by atoms with Crippen LogP contribution in [-0.2, 0) is 17.9 Å². The number of carbonyl (C=O) groups excluding carboxylic acids is 1. The average Bonchev–Trinajstić information content (AvgIpc) is 3.20. The highest BCUT2D eigenvalue weighted by Crippen LogP contribution is 2.21. The Balaban J connectivity index is 1.35. The molecule has 0 saturated carbocycles. The topological polar surface area (TPSA) is 80.1 Å². The summed E-state index contributed by atoms with van der Waals surface area (Å²) in [5, 5.41) is 15.8. The molecule has 1 N–H and O–H groups in total. The van der Waals surface area contributed by atoms with Gasteiger partial charge in [-0.2, -0.15) is 5.10 Å². The van der Waals surface area contributed by atoms with Crippen molar-refractivity contribution in [1.82, 2.24) is 19.6 Å². The van der Waals surface area contributed by atoms with Gasteiger partial charge in [-0.05, 0) is 49.2 Å². The number of nitrogens with zero attached hydrogens (tertiary/aromatic N) is 4. The molecule has 2 aromatic carbocycles. The molecule has 8 heteroatoms. The van der Waals surface area contributed by atoms with Crippen LogP contribution >= 0.6 is 0 Å². The van der Waals surface area contributed by atoms with E-state index >= 15 is 0 Å². The Morgan fingerprint density at radius 2 is 1.84 bits per heavy atom. The van der Waals surface area contributed by atoms with Gasteiger partial charge in [-0.15, -0.1) is 0 Å². The van der Waals surface area contributed by atoms with Gasteiger partial charge in [0.15, 0.2) is 0 Å².